The average molecular weight is 650 g/mol. The second-order valence-electron chi connectivity index (χ2n) is 11.8. The monoisotopic (exact) mass is 649 g/mol. The lowest BCUT2D eigenvalue weighted by atomic mass is 10.1. The number of aromatic nitrogens is 3. The predicted octanol–water partition coefficient (Wildman–Crippen LogP) is 6.10. The van der Waals surface area contributed by atoms with Gasteiger partial charge >= 0.3 is 6.09 Å². The molecule has 1 aliphatic heterocycles. The molecule has 3 heterocycles. The average Bonchev–Trinajstić information content (AvgIpc) is 3.09. The summed E-state index contributed by atoms with van der Waals surface area (Å²) in [7, 11) is 6.18. The molecule has 242 valence electrons. The molecule has 0 fully saturated rings. The van der Waals surface area contributed by atoms with E-state index in [4.69, 9.17) is 9.72 Å². The van der Waals surface area contributed by atoms with Crippen molar-refractivity contribution >= 4 is 51.6 Å². The molecule has 0 unspecified atom stereocenters. The van der Waals surface area contributed by atoms with Crippen molar-refractivity contribution in [2.75, 3.05) is 68.3 Å². The van der Waals surface area contributed by atoms with Crippen LogP contribution < -0.4 is 20.3 Å². The van der Waals surface area contributed by atoms with E-state index in [1.807, 2.05) is 96.9 Å². The van der Waals surface area contributed by atoms with Crippen LogP contribution in [0.5, 0.6) is 0 Å². The van der Waals surface area contributed by atoms with Crippen molar-refractivity contribution in [2.24, 2.45) is 0 Å². The zero-order valence-electron chi connectivity index (χ0n) is 27.4. The quantitative estimate of drug-likeness (QED) is 0.139. The summed E-state index contributed by atoms with van der Waals surface area (Å²) >= 11 is 1.43. The number of anilines is 4. The molecule has 1 amide bonds. The number of pyridine rings is 1. The molecule has 0 saturated heterocycles. The molecular weight excluding hydrogens is 611 g/mol. The highest BCUT2D eigenvalue weighted by molar-refractivity contribution is 7.98. The number of carbonyl (C=O) groups is 1. The molecule has 5 aromatic rings. The van der Waals surface area contributed by atoms with Crippen LogP contribution in [0.1, 0.15) is 11.1 Å². The van der Waals surface area contributed by atoms with Crippen LogP contribution in [0, 0.1) is 6.92 Å². The lowest BCUT2D eigenvalue weighted by Crippen LogP contribution is -2.44. The molecule has 6 rings (SSSR count). The third-order valence-corrected chi connectivity index (χ3v) is 8.92. The Balaban J connectivity index is 1.40. The highest BCUT2D eigenvalue weighted by atomic mass is 32.2. The van der Waals surface area contributed by atoms with Crippen molar-refractivity contribution in [3.63, 3.8) is 0 Å². The van der Waals surface area contributed by atoms with Crippen molar-refractivity contribution in [1.82, 2.24) is 19.4 Å². The number of para-hydroxylation sites is 1. The molecule has 11 heteroatoms. The van der Waals surface area contributed by atoms with E-state index in [-0.39, 0.29) is 12.2 Å². The lowest BCUT2D eigenvalue weighted by molar-refractivity contribution is 0.147. The lowest BCUT2D eigenvalue weighted by Gasteiger charge is -2.38. The van der Waals surface area contributed by atoms with Gasteiger partial charge in [0.15, 0.2) is 10.8 Å². The van der Waals surface area contributed by atoms with E-state index in [0.29, 0.717) is 35.3 Å². The molecule has 10 nitrogen and oxygen atoms in total. The minimum Gasteiger partial charge on any atom is -0.444 e. The second-order valence-corrected chi connectivity index (χ2v) is 12.6. The first-order chi connectivity index (χ1) is 22.7. The van der Waals surface area contributed by atoms with Gasteiger partial charge in [-0.3, -0.25) is 14.3 Å². The molecule has 47 heavy (non-hydrogen) atoms. The van der Waals surface area contributed by atoms with Gasteiger partial charge in [-0.05, 0) is 74.8 Å². The van der Waals surface area contributed by atoms with Gasteiger partial charge in [0.25, 0.3) is 5.56 Å². The summed E-state index contributed by atoms with van der Waals surface area (Å²) in [4.78, 5) is 45.3. The highest BCUT2D eigenvalue weighted by Gasteiger charge is 2.32. The third-order valence-electron chi connectivity index (χ3n) is 8.35. The summed E-state index contributed by atoms with van der Waals surface area (Å²) < 4.78 is 7.40. The standard InChI is InChI=1S/C36H39N7O3S/c1-25-10-9-13-30-32(25)42(36(45)46-24-26-11-7-6-8-12-26)21-20-41(30)31-22-27-23-37-35(47-5)38-33(27)43(34(31)44)29-16-14-28(15-17-29)40(4)19-18-39(2)3/h6-17,22-23H,18-21,24H2,1-5H3. The Labute approximate surface area is 279 Å². The van der Waals surface area contributed by atoms with E-state index in [9.17, 15) is 9.59 Å². The van der Waals surface area contributed by atoms with Crippen molar-refractivity contribution in [2.45, 2.75) is 18.7 Å². The molecule has 0 spiro atoms. The minimum absolute atomic E-state index is 0.179. The van der Waals surface area contributed by atoms with Crippen molar-refractivity contribution in [3.05, 3.63) is 107 Å². The van der Waals surface area contributed by atoms with Gasteiger partial charge in [-0.1, -0.05) is 54.2 Å². The fourth-order valence-corrected chi connectivity index (χ4v) is 6.14. The first-order valence-corrected chi connectivity index (χ1v) is 16.8. The van der Waals surface area contributed by atoms with Crippen LogP contribution in [0.2, 0.25) is 0 Å². The Bertz CT molecular complexity index is 1950. The molecule has 3 aromatic carbocycles. The van der Waals surface area contributed by atoms with Crippen LogP contribution in [-0.4, -0.2) is 79.1 Å². The summed E-state index contributed by atoms with van der Waals surface area (Å²) in [6.45, 7) is 4.69. The number of amides is 1. The third kappa shape index (κ3) is 6.68. The fraction of sp³-hybridized carbons (Fsp3) is 0.278. The van der Waals surface area contributed by atoms with Crippen molar-refractivity contribution in [1.29, 1.82) is 0 Å². The highest BCUT2D eigenvalue weighted by Crippen LogP contribution is 2.40. The maximum atomic E-state index is 14.6. The first-order valence-electron chi connectivity index (χ1n) is 15.5. The van der Waals surface area contributed by atoms with Crippen LogP contribution in [-0.2, 0) is 11.3 Å². The zero-order chi connectivity index (χ0) is 33.1. The number of likely N-dealkylation sites (N-methyl/N-ethyl adjacent to an activating group) is 2. The van der Waals surface area contributed by atoms with E-state index in [1.54, 1.807) is 15.7 Å². The molecule has 0 saturated carbocycles. The SMILES string of the molecule is CSc1ncc2cc(N3CCN(C(=O)OCc4ccccc4)c4c(C)cccc43)c(=O)n(-c3ccc(N(C)CCN(C)C)cc3)c2n1. The maximum Gasteiger partial charge on any atom is 0.414 e. The van der Waals surface area contributed by atoms with Crippen molar-refractivity contribution in [3.8, 4) is 5.69 Å². The van der Waals surface area contributed by atoms with Gasteiger partial charge in [0, 0.05) is 50.5 Å². The van der Waals surface area contributed by atoms with Gasteiger partial charge in [0.1, 0.15) is 12.3 Å². The molecule has 1 aliphatic rings. The number of ether oxygens (including phenoxy) is 1. The van der Waals surface area contributed by atoms with E-state index in [1.165, 1.54) is 11.8 Å². The van der Waals surface area contributed by atoms with E-state index in [2.05, 4.69) is 35.9 Å². The molecule has 0 bridgehead atoms. The normalized spacial score (nSPS) is 12.8. The van der Waals surface area contributed by atoms with Crippen LogP contribution >= 0.6 is 11.8 Å². The number of nitrogens with zero attached hydrogens (tertiary/aromatic N) is 7. The Morgan fingerprint density at radius 3 is 2.43 bits per heavy atom. The zero-order valence-corrected chi connectivity index (χ0v) is 28.2. The Hall–Kier alpha value is -4.87. The Morgan fingerprint density at radius 2 is 1.70 bits per heavy atom. The minimum atomic E-state index is -0.423. The first kappa shape index (κ1) is 32.1. The summed E-state index contributed by atoms with van der Waals surface area (Å²) in [6, 6.07) is 25.3. The molecule has 0 N–H and O–H groups in total. The van der Waals surface area contributed by atoms with Gasteiger partial charge in [-0.25, -0.2) is 14.8 Å². The van der Waals surface area contributed by atoms with Gasteiger partial charge in [0.2, 0.25) is 0 Å². The number of hydrogen-bond acceptors (Lipinski definition) is 9. The summed E-state index contributed by atoms with van der Waals surface area (Å²) in [5, 5.41) is 1.32. The van der Waals surface area contributed by atoms with Crippen LogP contribution in [0.25, 0.3) is 16.7 Å². The summed E-state index contributed by atoms with van der Waals surface area (Å²) in [5.41, 5.74) is 5.90. The summed E-state index contributed by atoms with van der Waals surface area (Å²) in [5.74, 6) is 0. The number of fused-ring (bicyclic) bond motifs is 2. The van der Waals surface area contributed by atoms with E-state index in [0.717, 1.165) is 46.7 Å². The smallest absolute Gasteiger partial charge is 0.414 e. The van der Waals surface area contributed by atoms with Gasteiger partial charge in [0.05, 0.1) is 17.1 Å². The van der Waals surface area contributed by atoms with Crippen LogP contribution in [0.3, 0.4) is 0 Å². The Kier molecular flexibility index (Phi) is 9.46. The fourth-order valence-electron chi connectivity index (χ4n) is 5.81. The second kappa shape index (κ2) is 13.9. The number of thioether (sulfide) groups is 1. The number of carbonyl (C=O) groups excluding carboxylic acids is 1. The largest absolute Gasteiger partial charge is 0.444 e. The topological polar surface area (TPSA) is 87.0 Å². The molecule has 0 atom stereocenters. The van der Waals surface area contributed by atoms with Gasteiger partial charge in [-0.15, -0.1) is 0 Å². The number of rotatable bonds is 9. The van der Waals surface area contributed by atoms with Crippen molar-refractivity contribution < 1.29 is 9.53 Å². The van der Waals surface area contributed by atoms with Gasteiger partial charge in [-0.2, -0.15) is 0 Å². The summed E-state index contributed by atoms with van der Waals surface area (Å²) in [6.07, 6.45) is 3.26. The van der Waals surface area contributed by atoms with E-state index < -0.39 is 6.09 Å². The van der Waals surface area contributed by atoms with Gasteiger partial charge < -0.3 is 19.4 Å². The predicted molar refractivity (Wildman–Crippen MR) is 191 cm³/mol. The Morgan fingerprint density at radius 1 is 0.936 bits per heavy atom. The van der Waals surface area contributed by atoms with Crippen LogP contribution in [0.4, 0.5) is 27.5 Å². The number of aryl methyl sites for hydroxylation is 1. The van der Waals surface area contributed by atoms with E-state index >= 15 is 0 Å². The molecule has 0 radical (unpaired) electrons. The molecule has 0 aliphatic carbocycles. The maximum absolute atomic E-state index is 14.6. The number of benzene rings is 3. The molecular formula is C36H39N7O3S. The number of hydrogen-bond donors (Lipinski definition) is 0. The molecule has 2 aromatic heterocycles. The van der Waals surface area contributed by atoms with Crippen LogP contribution in [0.15, 0.2) is 95.0 Å².